The van der Waals surface area contributed by atoms with Crippen LogP contribution in [0, 0.1) is 6.92 Å². The first kappa shape index (κ1) is 19.6. The quantitative estimate of drug-likeness (QED) is 0.719. The Labute approximate surface area is 158 Å². The summed E-state index contributed by atoms with van der Waals surface area (Å²) in [6.07, 6.45) is -3.95. The van der Waals surface area contributed by atoms with Gasteiger partial charge in [-0.25, -0.2) is 0 Å². The van der Waals surface area contributed by atoms with Gasteiger partial charge in [0, 0.05) is 24.7 Å². The summed E-state index contributed by atoms with van der Waals surface area (Å²) in [5, 5.41) is 10.5. The van der Waals surface area contributed by atoms with Gasteiger partial charge in [-0.2, -0.15) is 23.3 Å². The number of amides is 1. The van der Waals surface area contributed by atoms with Crippen molar-refractivity contribution in [2.75, 3.05) is 0 Å². The molecule has 0 aliphatic rings. The van der Waals surface area contributed by atoms with E-state index < -0.39 is 12.1 Å². The zero-order chi connectivity index (χ0) is 20.5. The molecule has 0 atom stereocenters. The Hall–Kier alpha value is -3.17. The lowest BCUT2D eigenvalue weighted by Crippen LogP contribution is -2.25. The van der Waals surface area contributed by atoms with Crippen LogP contribution in [0.2, 0.25) is 0 Å². The summed E-state index contributed by atoms with van der Waals surface area (Å²) in [6.45, 7) is 4.08. The summed E-state index contributed by atoms with van der Waals surface area (Å²) in [4.78, 5) is 15.8. The molecule has 0 spiro atoms. The number of alkyl halides is 3. The highest BCUT2D eigenvalue weighted by atomic mass is 19.4. The summed E-state index contributed by atoms with van der Waals surface area (Å²) in [5.41, 5.74) is 3.36. The molecule has 0 radical (unpaired) electrons. The van der Waals surface area contributed by atoms with Crippen LogP contribution >= 0.6 is 0 Å². The van der Waals surface area contributed by atoms with Gasteiger partial charge >= 0.3 is 12.1 Å². The first-order valence-electron chi connectivity index (χ1n) is 8.51. The van der Waals surface area contributed by atoms with Crippen molar-refractivity contribution in [2.24, 2.45) is 7.05 Å². The van der Waals surface area contributed by atoms with Gasteiger partial charge in [-0.15, -0.1) is 0 Å². The van der Waals surface area contributed by atoms with Gasteiger partial charge in [0.05, 0.1) is 5.69 Å². The zero-order valence-corrected chi connectivity index (χ0v) is 15.5. The lowest BCUT2D eigenvalue weighted by atomic mass is 10.1. The number of benzene rings is 1. The average Bonchev–Trinajstić information content (AvgIpc) is 3.25. The molecule has 0 aliphatic carbocycles. The number of aromatic nitrogens is 4. The molecule has 1 amide bonds. The van der Waals surface area contributed by atoms with Crippen molar-refractivity contribution < 1.29 is 22.5 Å². The van der Waals surface area contributed by atoms with E-state index in [4.69, 9.17) is 0 Å². The highest BCUT2D eigenvalue weighted by Crippen LogP contribution is 2.29. The van der Waals surface area contributed by atoms with Gasteiger partial charge in [0.25, 0.3) is 5.91 Å². The largest absolute Gasteiger partial charge is 0.471 e. The Kier molecular flexibility index (Phi) is 5.21. The van der Waals surface area contributed by atoms with Crippen molar-refractivity contribution >= 4 is 5.91 Å². The first-order chi connectivity index (χ1) is 13.2. The van der Waals surface area contributed by atoms with Crippen LogP contribution in [0.25, 0.3) is 11.4 Å². The van der Waals surface area contributed by atoms with Crippen molar-refractivity contribution in [3.63, 3.8) is 0 Å². The number of carbonyl (C=O) groups is 1. The molecular weight excluding hydrogens is 375 g/mol. The Morgan fingerprint density at radius 2 is 1.93 bits per heavy atom. The van der Waals surface area contributed by atoms with E-state index in [1.165, 1.54) is 0 Å². The van der Waals surface area contributed by atoms with E-state index in [1.807, 2.05) is 13.8 Å². The van der Waals surface area contributed by atoms with Gasteiger partial charge in [0.2, 0.25) is 5.82 Å². The number of carbonyl (C=O) groups excluding carboxylic acids is 1. The molecule has 148 valence electrons. The summed E-state index contributed by atoms with van der Waals surface area (Å²) >= 11 is 0. The highest BCUT2D eigenvalue weighted by Gasteiger charge is 2.38. The number of aryl methyl sites for hydroxylation is 2. The maximum atomic E-state index is 12.5. The monoisotopic (exact) mass is 393 g/mol. The van der Waals surface area contributed by atoms with Crippen LogP contribution in [-0.4, -0.2) is 25.8 Å². The zero-order valence-electron chi connectivity index (χ0n) is 15.5. The Balaban J connectivity index is 1.67. The van der Waals surface area contributed by atoms with Crippen molar-refractivity contribution in [1.29, 1.82) is 0 Å². The van der Waals surface area contributed by atoms with Gasteiger partial charge in [0.15, 0.2) is 0 Å². The standard InChI is InChI=1S/C18H18F3N5O2/c1-4-13-10(2)14(26(3)24-13)16(27)22-9-11-5-7-12(8-6-11)15-23-17(28-25-15)18(19,20)21/h5-8H,4,9H2,1-3H3,(H,22,27). The molecule has 3 aromatic rings. The third-order valence-electron chi connectivity index (χ3n) is 4.27. The smallest absolute Gasteiger partial charge is 0.347 e. The number of halogens is 3. The van der Waals surface area contributed by atoms with Crippen LogP contribution in [0.3, 0.4) is 0 Å². The van der Waals surface area contributed by atoms with Crippen molar-refractivity contribution in [3.05, 3.63) is 52.7 Å². The summed E-state index contributed by atoms with van der Waals surface area (Å²) < 4.78 is 43.4. The van der Waals surface area contributed by atoms with Crippen LogP contribution < -0.4 is 5.32 Å². The van der Waals surface area contributed by atoms with Crippen molar-refractivity contribution in [3.8, 4) is 11.4 Å². The number of rotatable bonds is 5. The van der Waals surface area contributed by atoms with E-state index in [1.54, 1.807) is 36.0 Å². The molecule has 2 heterocycles. The average molecular weight is 393 g/mol. The van der Waals surface area contributed by atoms with Crippen molar-refractivity contribution in [2.45, 2.75) is 33.0 Å². The van der Waals surface area contributed by atoms with Gasteiger partial charge in [-0.3, -0.25) is 9.48 Å². The molecular formula is C18H18F3N5O2. The topological polar surface area (TPSA) is 85.8 Å². The molecule has 0 unspecified atom stereocenters. The molecule has 1 N–H and O–H groups in total. The third-order valence-corrected chi connectivity index (χ3v) is 4.27. The van der Waals surface area contributed by atoms with E-state index in [-0.39, 0.29) is 18.3 Å². The molecule has 7 nitrogen and oxygen atoms in total. The molecule has 3 rings (SSSR count). The predicted molar refractivity (Wildman–Crippen MR) is 93.2 cm³/mol. The second-order valence-electron chi connectivity index (χ2n) is 6.20. The fourth-order valence-electron chi connectivity index (χ4n) is 2.83. The minimum absolute atomic E-state index is 0.152. The summed E-state index contributed by atoms with van der Waals surface area (Å²) in [7, 11) is 1.72. The van der Waals surface area contributed by atoms with Gasteiger partial charge in [-0.05, 0) is 18.9 Å². The lowest BCUT2D eigenvalue weighted by Gasteiger charge is -2.07. The molecule has 0 saturated heterocycles. The lowest BCUT2D eigenvalue weighted by molar-refractivity contribution is -0.159. The molecule has 10 heteroatoms. The van der Waals surface area contributed by atoms with Crippen LogP contribution in [0.15, 0.2) is 28.8 Å². The first-order valence-corrected chi connectivity index (χ1v) is 8.51. The highest BCUT2D eigenvalue weighted by molar-refractivity contribution is 5.94. The molecule has 0 bridgehead atoms. The maximum Gasteiger partial charge on any atom is 0.471 e. The van der Waals surface area contributed by atoms with Gasteiger partial charge in [-0.1, -0.05) is 36.3 Å². The van der Waals surface area contributed by atoms with Crippen LogP contribution in [0.4, 0.5) is 13.2 Å². The summed E-state index contributed by atoms with van der Waals surface area (Å²) in [5.74, 6) is -1.79. The second-order valence-corrected chi connectivity index (χ2v) is 6.20. The van der Waals surface area contributed by atoms with E-state index in [0.29, 0.717) is 11.3 Å². The predicted octanol–water partition coefficient (Wildman–Crippen LogP) is 3.29. The Bertz CT molecular complexity index is 990. The van der Waals surface area contributed by atoms with Crippen LogP contribution in [-0.2, 0) is 26.2 Å². The number of hydrogen-bond acceptors (Lipinski definition) is 5. The second kappa shape index (κ2) is 7.45. The fourth-order valence-corrected chi connectivity index (χ4v) is 2.83. The maximum absolute atomic E-state index is 12.5. The van der Waals surface area contributed by atoms with E-state index in [2.05, 4.69) is 25.1 Å². The Morgan fingerprint density at radius 3 is 2.46 bits per heavy atom. The molecule has 1 aromatic carbocycles. The normalized spacial score (nSPS) is 11.6. The molecule has 2 aromatic heterocycles. The van der Waals surface area contributed by atoms with Gasteiger partial charge in [0.1, 0.15) is 5.69 Å². The SMILES string of the molecule is CCc1nn(C)c(C(=O)NCc2ccc(-c3noc(C(F)(F)F)n3)cc2)c1C. The number of hydrogen-bond donors (Lipinski definition) is 1. The molecule has 0 aliphatic heterocycles. The van der Waals surface area contributed by atoms with Gasteiger partial charge < -0.3 is 9.84 Å². The van der Waals surface area contributed by atoms with E-state index in [0.717, 1.165) is 23.2 Å². The van der Waals surface area contributed by atoms with E-state index >= 15 is 0 Å². The minimum Gasteiger partial charge on any atom is -0.347 e. The van der Waals surface area contributed by atoms with Crippen LogP contribution in [0.5, 0.6) is 0 Å². The Morgan fingerprint density at radius 1 is 1.25 bits per heavy atom. The summed E-state index contributed by atoms with van der Waals surface area (Å²) in [6, 6.07) is 6.48. The number of nitrogens with one attached hydrogen (secondary N) is 1. The van der Waals surface area contributed by atoms with E-state index in [9.17, 15) is 18.0 Å². The molecule has 28 heavy (non-hydrogen) atoms. The fraction of sp³-hybridized carbons (Fsp3) is 0.333. The van der Waals surface area contributed by atoms with Crippen LogP contribution in [0.1, 0.15) is 40.1 Å². The van der Waals surface area contributed by atoms with Crippen molar-refractivity contribution in [1.82, 2.24) is 25.2 Å². The number of nitrogens with zero attached hydrogens (tertiary/aromatic N) is 4. The molecule has 0 fully saturated rings. The molecule has 0 saturated carbocycles. The minimum atomic E-state index is -4.68. The third kappa shape index (κ3) is 3.90.